The number of hydrogen-bond donors (Lipinski definition) is 0. The third-order valence-electron chi connectivity index (χ3n) is 2.93. The number of carbonyl (C=O) groups is 1. The summed E-state index contributed by atoms with van der Waals surface area (Å²) in [5.41, 5.74) is 1.10. The first-order valence-electron chi connectivity index (χ1n) is 5.65. The zero-order valence-corrected chi connectivity index (χ0v) is 9.77. The Morgan fingerprint density at radius 1 is 1.41 bits per heavy atom. The van der Waals surface area contributed by atoms with Gasteiger partial charge in [-0.1, -0.05) is 6.07 Å². The van der Waals surface area contributed by atoms with Crippen molar-refractivity contribution < 1.29 is 9.53 Å². The molecule has 2 rings (SSSR count). The van der Waals surface area contributed by atoms with E-state index in [1.54, 1.807) is 30.2 Å². The molecule has 0 bridgehead atoms. The zero-order chi connectivity index (χ0) is 12.3. The van der Waals surface area contributed by atoms with Crippen LogP contribution in [0.3, 0.4) is 0 Å². The van der Waals surface area contributed by atoms with Crippen LogP contribution in [0.2, 0.25) is 0 Å². The maximum atomic E-state index is 11.9. The summed E-state index contributed by atoms with van der Waals surface area (Å²) in [6.07, 6.45) is 2.43. The number of nitriles is 1. The number of para-hydroxylation sites is 1. The largest absolute Gasteiger partial charge is 0.495 e. The number of piperidine rings is 1. The Morgan fingerprint density at radius 2 is 2.24 bits per heavy atom. The van der Waals surface area contributed by atoms with E-state index in [0.29, 0.717) is 30.0 Å². The fourth-order valence-electron chi connectivity index (χ4n) is 2.10. The first-order chi connectivity index (χ1) is 8.27. The minimum atomic E-state index is 0.0669. The van der Waals surface area contributed by atoms with Crippen molar-refractivity contribution in [2.75, 3.05) is 18.6 Å². The second-order valence-corrected chi connectivity index (χ2v) is 3.97. The Morgan fingerprint density at radius 3 is 2.88 bits per heavy atom. The number of amides is 1. The van der Waals surface area contributed by atoms with Gasteiger partial charge in [0.15, 0.2) is 0 Å². The van der Waals surface area contributed by atoms with Gasteiger partial charge < -0.3 is 9.64 Å². The normalized spacial score (nSPS) is 15.5. The van der Waals surface area contributed by atoms with Gasteiger partial charge in [-0.3, -0.25) is 4.79 Å². The molecular weight excluding hydrogens is 216 g/mol. The van der Waals surface area contributed by atoms with Gasteiger partial charge >= 0.3 is 0 Å². The smallest absolute Gasteiger partial charge is 0.227 e. The molecule has 0 spiro atoms. The summed E-state index contributed by atoms with van der Waals surface area (Å²) in [6, 6.07) is 7.36. The molecule has 0 saturated carbocycles. The molecule has 4 heteroatoms. The topological polar surface area (TPSA) is 53.3 Å². The number of methoxy groups -OCH3 is 1. The van der Waals surface area contributed by atoms with Gasteiger partial charge in [0, 0.05) is 13.0 Å². The van der Waals surface area contributed by atoms with Gasteiger partial charge in [-0.15, -0.1) is 0 Å². The van der Waals surface area contributed by atoms with Crippen LogP contribution in [-0.2, 0) is 4.79 Å². The highest BCUT2D eigenvalue weighted by Crippen LogP contribution is 2.33. The quantitative estimate of drug-likeness (QED) is 0.781. The SMILES string of the molecule is COc1cccc(C#N)c1N1CCCCC1=O. The average molecular weight is 230 g/mol. The molecule has 17 heavy (non-hydrogen) atoms. The maximum Gasteiger partial charge on any atom is 0.227 e. The highest BCUT2D eigenvalue weighted by Gasteiger charge is 2.24. The second-order valence-electron chi connectivity index (χ2n) is 3.97. The molecule has 0 N–H and O–H groups in total. The molecule has 1 amide bonds. The van der Waals surface area contributed by atoms with Crippen molar-refractivity contribution in [3.63, 3.8) is 0 Å². The third-order valence-corrected chi connectivity index (χ3v) is 2.93. The van der Waals surface area contributed by atoms with E-state index < -0.39 is 0 Å². The molecule has 1 aliphatic heterocycles. The molecule has 1 saturated heterocycles. The van der Waals surface area contributed by atoms with Gasteiger partial charge in [0.25, 0.3) is 0 Å². The molecule has 4 nitrogen and oxygen atoms in total. The predicted octanol–water partition coefficient (Wildman–Crippen LogP) is 2.08. The second kappa shape index (κ2) is 4.88. The monoisotopic (exact) mass is 230 g/mol. The summed E-state index contributed by atoms with van der Waals surface area (Å²) in [7, 11) is 1.55. The van der Waals surface area contributed by atoms with Gasteiger partial charge in [-0.2, -0.15) is 5.26 Å². The molecule has 0 aliphatic carbocycles. The highest BCUT2D eigenvalue weighted by molar-refractivity contribution is 5.97. The molecule has 0 atom stereocenters. The number of benzene rings is 1. The Kier molecular flexibility index (Phi) is 3.29. The van der Waals surface area contributed by atoms with Crippen LogP contribution in [0, 0.1) is 11.3 Å². The maximum absolute atomic E-state index is 11.9. The van der Waals surface area contributed by atoms with Gasteiger partial charge in [0.1, 0.15) is 17.5 Å². The summed E-state index contributed by atoms with van der Waals surface area (Å²) in [6.45, 7) is 0.661. The summed E-state index contributed by atoms with van der Waals surface area (Å²) in [4.78, 5) is 13.6. The molecular formula is C13H14N2O2. The summed E-state index contributed by atoms with van der Waals surface area (Å²) in [5.74, 6) is 0.650. The lowest BCUT2D eigenvalue weighted by molar-refractivity contribution is -0.119. The number of ether oxygens (including phenoxy) is 1. The van der Waals surface area contributed by atoms with Crippen molar-refractivity contribution in [1.29, 1.82) is 5.26 Å². The van der Waals surface area contributed by atoms with E-state index in [4.69, 9.17) is 10.00 Å². The van der Waals surface area contributed by atoms with Gasteiger partial charge in [-0.05, 0) is 25.0 Å². The Bertz CT molecular complexity index is 477. The number of anilines is 1. The summed E-state index contributed by atoms with van der Waals surface area (Å²) in [5, 5.41) is 9.11. The molecule has 1 aromatic carbocycles. The van der Waals surface area contributed by atoms with E-state index in [1.807, 2.05) is 0 Å². The summed E-state index contributed by atoms with van der Waals surface area (Å²) >= 11 is 0. The van der Waals surface area contributed by atoms with Crippen LogP contribution in [0.25, 0.3) is 0 Å². The fraction of sp³-hybridized carbons (Fsp3) is 0.385. The van der Waals surface area contributed by atoms with Crippen LogP contribution >= 0.6 is 0 Å². The number of hydrogen-bond acceptors (Lipinski definition) is 3. The van der Waals surface area contributed by atoms with Gasteiger partial charge in [-0.25, -0.2) is 0 Å². The van der Waals surface area contributed by atoms with E-state index >= 15 is 0 Å². The van der Waals surface area contributed by atoms with Gasteiger partial charge in [0.05, 0.1) is 12.7 Å². The van der Waals surface area contributed by atoms with Crippen molar-refractivity contribution in [3.05, 3.63) is 23.8 Å². The number of rotatable bonds is 2. The van der Waals surface area contributed by atoms with Crippen LogP contribution < -0.4 is 9.64 Å². The lowest BCUT2D eigenvalue weighted by atomic mass is 10.1. The molecule has 1 aliphatic rings. The van der Waals surface area contributed by atoms with Crippen LogP contribution in [0.4, 0.5) is 5.69 Å². The van der Waals surface area contributed by atoms with E-state index in [1.165, 1.54) is 0 Å². The molecule has 0 aromatic heterocycles. The molecule has 0 unspecified atom stereocenters. The molecule has 1 fully saturated rings. The molecule has 1 aromatic rings. The minimum absolute atomic E-state index is 0.0669. The molecule has 1 heterocycles. The Hall–Kier alpha value is -2.02. The van der Waals surface area contributed by atoms with Crippen LogP contribution in [-0.4, -0.2) is 19.6 Å². The van der Waals surface area contributed by atoms with Crippen LogP contribution in [0.5, 0.6) is 5.75 Å². The van der Waals surface area contributed by atoms with E-state index in [0.717, 1.165) is 12.8 Å². The highest BCUT2D eigenvalue weighted by atomic mass is 16.5. The predicted molar refractivity (Wildman–Crippen MR) is 63.9 cm³/mol. The molecule has 88 valence electrons. The van der Waals surface area contributed by atoms with Crippen molar-refractivity contribution >= 4 is 11.6 Å². The lowest BCUT2D eigenvalue weighted by Crippen LogP contribution is -2.36. The first-order valence-corrected chi connectivity index (χ1v) is 5.65. The number of carbonyl (C=O) groups excluding carboxylic acids is 1. The lowest BCUT2D eigenvalue weighted by Gasteiger charge is -2.28. The van der Waals surface area contributed by atoms with E-state index in [2.05, 4.69) is 6.07 Å². The van der Waals surface area contributed by atoms with Crippen molar-refractivity contribution in [2.24, 2.45) is 0 Å². The van der Waals surface area contributed by atoms with Crippen molar-refractivity contribution in [1.82, 2.24) is 0 Å². The standard InChI is InChI=1S/C13H14N2O2/c1-17-11-6-4-5-10(9-14)13(11)15-8-3-2-7-12(15)16/h4-6H,2-3,7-8H2,1H3. The van der Waals surface area contributed by atoms with Crippen LogP contribution in [0.15, 0.2) is 18.2 Å². The Labute approximate surface area is 100 Å². The average Bonchev–Trinajstić information content (AvgIpc) is 2.38. The van der Waals surface area contributed by atoms with E-state index in [9.17, 15) is 4.79 Å². The third kappa shape index (κ3) is 2.09. The summed E-state index contributed by atoms with van der Waals surface area (Å²) < 4.78 is 5.24. The fourth-order valence-corrected chi connectivity index (χ4v) is 2.10. The van der Waals surface area contributed by atoms with E-state index in [-0.39, 0.29) is 5.91 Å². The Balaban J connectivity index is 2.48. The zero-order valence-electron chi connectivity index (χ0n) is 9.77. The van der Waals surface area contributed by atoms with Gasteiger partial charge in [0.2, 0.25) is 5.91 Å². The minimum Gasteiger partial charge on any atom is -0.495 e. The number of nitrogens with zero attached hydrogens (tertiary/aromatic N) is 2. The first kappa shape index (κ1) is 11.5. The van der Waals surface area contributed by atoms with Crippen molar-refractivity contribution in [2.45, 2.75) is 19.3 Å². The van der Waals surface area contributed by atoms with Crippen molar-refractivity contribution in [3.8, 4) is 11.8 Å². The molecule has 0 radical (unpaired) electrons. The van der Waals surface area contributed by atoms with Crippen LogP contribution in [0.1, 0.15) is 24.8 Å².